The minimum Gasteiger partial charge on any atom is -0.496 e. The number of carbonyl (C=O) groups is 1. The standard InChI is InChI=1S/C19H23NO3/c1-4-16(17-8-6-7-9-18(17)22-3)14-10-12-15(13-11-14)23-19(21)20-5-2/h6-13,16H,4-5H2,1-3H3,(H,20,21). The van der Waals surface area contributed by atoms with E-state index in [1.165, 1.54) is 5.56 Å². The highest BCUT2D eigenvalue weighted by Gasteiger charge is 2.16. The van der Waals surface area contributed by atoms with Gasteiger partial charge in [-0.25, -0.2) is 4.79 Å². The van der Waals surface area contributed by atoms with Crippen molar-refractivity contribution in [2.24, 2.45) is 0 Å². The summed E-state index contributed by atoms with van der Waals surface area (Å²) in [7, 11) is 1.69. The molecule has 4 nitrogen and oxygen atoms in total. The zero-order valence-corrected chi connectivity index (χ0v) is 13.8. The Hall–Kier alpha value is -2.49. The monoisotopic (exact) mass is 313 g/mol. The Kier molecular flexibility index (Phi) is 6.03. The first-order chi connectivity index (χ1) is 11.2. The van der Waals surface area contributed by atoms with E-state index < -0.39 is 6.09 Å². The van der Waals surface area contributed by atoms with Gasteiger partial charge < -0.3 is 14.8 Å². The van der Waals surface area contributed by atoms with Gasteiger partial charge in [0.25, 0.3) is 0 Å². The molecule has 1 N–H and O–H groups in total. The zero-order valence-electron chi connectivity index (χ0n) is 13.8. The van der Waals surface area contributed by atoms with Gasteiger partial charge in [-0.2, -0.15) is 0 Å². The topological polar surface area (TPSA) is 47.6 Å². The smallest absolute Gasteiger partial charge is 0.412 e. The van der Waals surface area contributed by atoms with Crippen LogP contribution in [0.15, 0.2) is 48.5 Å². The maximum atomic E-state index is 11.4. The highest BCUT2D eigenvalue weighted by atomic mass is 16.6. The maximum absolute atomic E-state index is 11.4. The molecule has 1 unspecified atom stereocenters. The Morgan fingerprint density at radius 1 is 1.09 bits per heavy atom. The van der Waals surface area contributed by atoms with Gasteiger partial charge in [0.05, 0.1) is 7.11 Å². The molecule has 0 aliphatic carbocycles. The Morgan fingerprint density at radius 2 is 1.78 bits per heavy atom. The molecule has 0 aliphatic heterocycles. The number of carbonyl (C=O) groups excluding carboxylic acids is 1. The summed E-state index contributed by atoms with van der Waals surface area (Å²) >= 11 is 0. The third-order valence-corrected chi connectivity index (χ3v) is 3.74. The molecule has 23 heavy (non-hydrogen) atoms. The second-order valence-corrected chi connectivity index (χ2v) is 5.19. The van der Waals surface area contributed by atoms with Crippen LogP contribution in [-0.2, 0) is 0 Å². The summed E-state index contributed by atoms with van der Waals surface area (Å²) in [6.45, 7) is 4.54. The van der Waals surface area contributed by atoms with Crippen molar-refractivity contribution in [3.05, 3.63) is 59.7 Å². The van der Waals surface area contributed by atoms with Crippen molar-refractivity contribution in [3.8, 4) is 11.5 Å². The lowest BCUT2D eigenvalue weighted by molar-refractivity contribution is 0.201. The Balaban J connectivity index is 2.20. The second-order valence-electron chi connectivity index (χ2n) is 5.19. The largest absolute Gasteiger partial charge is 0.496 e. The van der Waals surface area contributed by atoms with Gasteiger partial charge in [-0.3, -0.25) is 0 Å². The minimum absolute atomic E-state index is 0.240. The number of hydrogen-bond acceptors (Lipinski definition) is 3. The molecule has 2 rings (SSSR count). The molecule has 122 valence electrons. The highest BCUT2D eigenvalue weighted by Crippen LogP contribution is 2.34. The summed E-state index contributed by atoms with van der Waals surface area (Å²) in [5.74, 6) is 1.67. The summed E-state index contributed by atoms with van der Waals surface area (Å²) in [4.78, 5) is 11.4. The summed E-state index contributed by atoms with van der Waals surface area (Å²) < 4.78 is 10.7. The van der Waals surface area contributed by atoms with Crippen LogP contribution in [0, 0.1) is 0 Å². The highest BCUT2D eigenvalue weighted by molar-refractivity contribution is 5.70. The lowest BCUT2D eigenvalue weighted by atomic mass is 9.88. The summed E-state index contributed by atoms with van der Waals surface area (Å²) in [5.41, 5.74) is 2.33. The molecule has 1 amide bonds. The lowest BCUT2D eigenvalue weighted by Gasteiger charge is -2.19. The second kappa shape index (κ2) is 8.22. The third-order valence-electron chi connectivity index (χ3n) is 3.74. The van der Waals surface area contributed by atoms with E-state index in [9.17, 15) is 4.79 Å². The molecular formula is C19H23NO3. The van der Waals surface area contributed by atoms with Gasteiger partial charge in [-0.1, -0.05) is 37.3 Å². The summed E-state index contributed by atoms with van der Waals surface area (Å²) in [5, 5.41) is 2.61. The molecule has 0 fully saturated rings. The van der Waals surface area contributed by atoms with E-state index in [1.54, 1.807) is 7.11 Å². The van der Waals surface area contributed by atoms with Crippen LogP contribution in [0.4, 0.5) is 4.79 Å². The van der Waals surface area contributed by atoms with Gasteiger partial charge in [0, 0.05) is 18.0 Å². The molecule has 0 saturated heterocycles. The van der Waals surface area contributed by atoms with Crippen molar-refractivity contribution < 1.29 is 14.3 Å². The number of amides is 1. The normalized spacial score (nSPS) is 11.6. The molecule has 0 radical (unpaired) electrons. The van der Waals surface area contributed by atoms with E-state index in [1.807, 2.05) is 49.4 Å². The first-order valence-electron chi connectivity index (χ1n) is 7.88. The van der Waals surface area contributed by atoms with Gasteiger partial charge in [-0.05, 0) is 37.1 Å². The van der Waals surface area contributed by atoms with Crippen LogP contribution in [0.2, 0.25) is 0 Å². The Labute approximate surface area is 137 Å². The SMILES string of the molecule is CCNC(=O)Oc1ccc(C(CC)c2ccccc2OC)cc1. The molecule has 0 saturated carbocycles. The quantitative estimate of drug-likeness (QED) is 0.862. The minimum atomic E-state index is -0.433. The van der Waals surface area contributed by atoms with Crippen molar-refractivity contribution in [1.82, 2.24) is 5.32 Å². The molecule has 0 heterocycles. The maximum Gasteiger partial charge on any atom is 0.412 e. The fourth-order valence-corrected chi connectivity index (χ4v) is 2.65. The molecule has 2 aromatic rings. The van der Waals surface area contributed by atoms with E-state index in [-0.39, 0.29) is 5.92 Å². The Morgan fingerprint density at radius 3 is 2.39 bits per heavy atom. The molecule has 0 bridgehead atoms. The van der Waals surface area contributed by atoms with Gasteiger partial charge in [0.15, 0.2) is 0 Å². The molecule has 4 heteroatoms. The summed E-state index contributed by atoms with van der Waals surface area (Å²) in [6.07, 6.45) is 0.522. The van der Waals surface area contributed by atoms with E-state index >= 15 is 0 Å². The first-order valence-corrected chi connectivity index (χ1v) is 7.88. The number of rotatable bonds is 6. The van der Waals surface area contributed by atoms with Crippen LogP contribution in [0.5, 0.6) is 11.5 Å². The first kappa shape index (κ1) is 16.9. The van der Waals surface area contributed by atoms with Crippen LogP contribution >= 0.6 is 0 Å². The average molecular weight is 313 g/mol. The van der Waals surface area contributed by atoms with Crippen molar-refractivity contribution in [2.75, 3.05) is 13.7 Å². The molecular weight excluding hydrogens is 290 g/mol. The number of benzene rings is 2. The van der Waals surface area contributed by atoms with Crippen LogP contribution in [0.25, 0.3) is 0 Å². The fraction of sp³-hybridized carbons (Fsp3) is 0.316. The Bertz CT molecular complexity index is 637. The fourth-order valence-electron chi connectivity index (χ4n) is 2.65. The van der Waals surface area contributed by atoms with Crippen LogP contribution in [0.1, 0.15) is 37.3 Å². The third kappa shape index (κ3) is 4.25. The van der Waals surface area contributed by atoms with Crippen molar-refractivity contribution in [1.29, 1.82) is 0 Å². The predicted molar refractivity (Wildman–Crippen MR) is 91.3 cm³/mol. The van der Waals surface area contributed by atoms with Gasteiger partial charge >= 0.3 is 6.09 Å². The molecule has 2 aromatic carbocycles. The van der Waals surface area contributed by atoms with Crippen LogP contribution < -0.4 is 14.8 Å². The van der Waals surface area contributed by atoms with E-state index in [4.69, 9.17) is 9.47 Å². The van der Waals surface area contributed by atoms with Gasteiger partial charge in [0.2, 0.25) is 0 Å². The number of hydrogen-bond donors (Lipinski definition) is 1. The predicted octanol–water partition coefficient (Wildman–Crippen LogP) is 4.35. The number of nitrogens with one attached hydrogen (secondary N) is 1. The van der Waals surface area contributed by atoms with E-state index in [2.05, 4.69) is 18.3 Å². The number of methoxy groups -OCH3 is 1. The van der Waals surface area contributed by atoms with Gasteiger partial charge in [0.1, 0.15) is 11.5 Å². The van der Waals surface area contributed by atoms with E-state index in [0.29, 0.717) is 12.3 Å². The zero-order chi connectivity index (χ0) is 16.7. The van der Waals surface area contributed by atoms with Crippen LogP contribution in [0.3, 0.4) is 0 Å². The van der Waals surface area contributed by atoms with Crippen molar-refractivity contribution in [3.63, 3.8) is 0 Å². The lowest BCUT2D eigenvalue weighted by Crippen LogP contribution is -2.26. The molecule has 0 aliphatic rings. The molecule has 0 aromatic heterocycles. The molecule has 1 atom stereocenters. The van der Waals surface area contributed by atoms with Gasteiger partial charge in [-0.15, -0.1) is 0 Å². The van der Waals surface area contributed by atoms with Crippen LogP contribution in [-0.4, -0.2) is 19.7 Å². The summed E-state index contributed by atoms with van der Waals surface area (Å²) in [6, 6.07) is 15.7. The molecule has 0 spiro atoms. The number of para-hydroxylation sites is 1. The van der Waals surface area contributed by atoms with Crippen molar-refractivity contribution in [2.45, 2.75) is 26.2 Å². The van der Waals surface area contributed by atoms with Crippen molar-refractivity contribution >= 4 is 6.09 Å². The average Bonchev–Trinajstić information content (AvgIpc) is 2.57. The van der Waals surface area contributed by atoms with E-state index in [0.717, 1.165) is 17.7 Å². The number of ether oxygens (including phenoxy) is 2.